The van der Waals surface area contributed by atoms with Crippen LogP contribution < -0.4 is 4.72 Å². The van der Waals surface area contributed by atoms with E-state index in [1.807, 2.05) is 13.8 Å². The quantitative estimate of drug-likeness (QED) is 0.869. The average Bonchev–Trinajstić information content (AvgIpc) is 3.20. The van der Waals surface area contributed by atoms with Crippen LogP contribution in [-0.4, -0.2) is 20.2 Å². The van der Waals surface area contributed by atoms with E-state index < -0.39 is 10.0 Å². The van der Waals surface area contributed by atoms with Crippen molar-refractivity contribution in [3.63, 3.8) is 0 Å². The second-order valence-electron chi connectivity index (χ2n) is 5.01. The van der Waals surface area contributed by atoms with E-state index in [-0.39, 0.29) is 22.6 Å². The summed E-state index contributed by atoms with van der Waals surface area (Å²) in [6.07, 6.45) is 2.32. The van der Waals surface area contributed by atoms with Crippen LogP contribution in [0.5, 0.6) is 0 Å². The highest BCUT2D eigenvalue weighted by molar-refractivity contribution is 7.89. The van der Waals surface area contributed by atoms with E-state index >= 15 is 0 Å². The van der Waals surface area contributed by atoms with Gasteiger partial charge >= 0.3 is 0 Å². The molecule has 0 aliphatic heterocycles. The first-order valence-corrected chi connectivity index (χ1v) is 8.07. The molecule has 0 aromatic heterocycles. The van der Waals surface area contributed by atoms with Crippen LogP contribution in [0.4, 0.5) is 0 Å². The highest BCUT2D eigenvalue weighted by Crippen LogP contribution is 2.23. The molecule has 1 atom stereocenters. The minimum atomic E-state index is -3.40. The van der Waals surface area contributed by atoms with Crippen LogP contribution in [0.15, 0.2) is 29.2 Å². The van der Waals surface area contributed by atoms with Crippen LogP contribution in [0.1, 0.15) is 44.6 Å². The normalized spacial score (nSPS) is 17.2. The molecule has 19 heavy (non-hydrogen) atoms. The molecule has 1 aromatic rings. The van der Waals surface area contributed by atoms with Crippen LogP contribution in [0.25, 0.3) is 0 Å². The summed E-state index contributed by atoms with van der Waals surface area (Å²) in [5.41, 5.74) is 0.859. The van der Waals surface area contributed by atoms with Gasteiger partial charge in [-0.05, 0) is 30.5 Å². The summed E-state index contributed by atoms with van der Waals surface area (Å²) >= 11 is 0. The smallest absolute Gasteiger partial charge is 0.240 e. The maximum atomic E-state index is 12.0. The molecule has 0 amide bonds. The van der Waals surface area contributed by atoms with Crippen molar-refractivity contribution >= 4 is 15.8 Å². The van der Waals surface area contributed by atoms with Crippen LogP contribution in [0.2, 0.25) is 0 Å². The molecule has 4 nitrogen and oxygen atoms in total. The Kier molecular flexibility index (Phi) is 4.06. The van der Waals surface area contributed by atoms with Gasteiger partial charge in [0, 0.05) is 18.4 Å². The standard InChI is InChI=1S/C14H19NO3S/c1-3-14(16)10(2)11-4-8-13(9-5-11)19(17,18)15-12-6-7-12/h4-5,8-10,12,15H,3,6-7H2,1-2H3. The van der Waals surface area contributed by atoms with Crippen molar-refractivity contribution in [2.24, 2.45) is 0 Å². The molecule has 0 heterocycles. The molecular formula is C14H19NO3S. The number of benzene rings is 1. The summed E-state index contributed by atoms with van der Waals surface area (Å²) < 4.78 is 26.6. The summed E-state index contributed by atoms with van der Waals surface area (Å²) in [6, 6.07) is 6.68. The van der Waals surface area contributed by atoms with E-state index in [1.165, 1.54) is 0 Å². The number of carbonyl (C=O) groups is 1. The first-order chi connectivity index (χ1) is 8.94. The maximum Gasteiger partial charge on any atom is 0.240 e. The fourth-order valence-electron chi connectivity index (χ4n) is 1.92. The van der Waals surface area contributed by atoms with Crippen molar-refractivity contribution in [1.82, 2.24) is 4.72 Å². The van der Waals surface area contributed by atoms with Gasteiger partial charge in [0.05, 0.1) is 4.90 Å². The Hall–Kier alpha value is -1.20. The molecule has 5 heteroatoms. The maximum absolute atomic E-state index is 12.0. The van der Waals surface area contributed by atoms with Gasteiger partial charge in [-0.2, -0.15) is 0 Å². The number of hydrogen-bond acceptors (Lipinski definition) is 3. The van der Waals surface area contributed by atoms with E-state index in [9.17, 15) is 13.2 Å². The Labute approximate surface area is 114 Å². The SMILES string of the molecule is CCC(=O)C(C)c1ccc(S(=O)(=O)NC2CC2)cc1. The van der Waals surface area contributed by atoms with Crippen LogP contribution in [0.3, 0.4) is 0 Å². The second kappa shape index (κ2) is 5.43. The molecule has 2 rings (SSSR count). The Morgan fingerprint density at radius 1 is 1.32 bits per heavy atom. The predicted molar refractivity (Wildman–Crippen MR) is 73.5 cm³/mol. The van der Waals surface area contributed by atoms with Gasteiger partial charge in [-0.15, -0.1) is 0 Å². The highest BCUT2D eigenvalue weighted by atomic mass is 32.2. The van der Waals surface area contributed by atoms with Crippen molar-refractivity contribution in [2.75, 3.05) is 0 Å². The van der Waals surface area contributed by atoms with Gasteiger partial charge in [-0.25, -0.2) is 13.1 Å². The summed E-state index contributed by atoms with van der Waals surface area (Å²) in [4.78, 5) is 11.9. The summed E-state index contributed by atoms with van der Waals surface area (Å²) in [5.74, 6) is -0.0233. The summed E-state index contributed by atoms with van der Waals surface area (Å²) in [7, 11) is -3.40. The predicted octanol–water partition coefficient (Wildman–Crippen LogP) is 2.21. The zero-order valence-electron chi connectivity index (χ0n) is 11.2. The van der Waals surface area contributed by atoms with Crippen LogP contribution in [0, 0.1) is 0 Å². The molecule has 1 aliphatic carbocycles. The number of carbonyl (C=O) groups excluding carboxylic acids is 1. The molecule has 1 fully saturated rings. The second-order valence-corrected chi connectivity index (χ2v) is 6.72. The number of sulfonamides is 1. The molecule has 1 unspecified atom stereocenters. The van der Waals surface area contributed by atoms with Crippen LogP contribution in [-0.2, 0) is 14.8 Å². The number of ketones is 1. The van der Waals surface area contributed by atoms with Crippen molar-refractivity contribution in [3.8, 4) is 0 Å². The fourth-order valence-corrected chi connectivity index (χ4v) is 3.22. The Bertz CT molecular complexity index is 559. The number of Topliss-reactive ketones (excluding diaryl/α,β-unsaturated/α-hetero) is 1. The molecule has 104 valence electrons. The number of rotatable bonds is 6. The molecule has 1 saturated carbocycles. The van der Waals surface area contributed by atoms with E-state index in [0.717, 1.165) is 18.4 Å². The molecule has 1 aliphatic rings. The summed E-state index contributed by atoms with van der Waals surface area (Å²) in [6.45, 7) is 3.68. The first-order valence-electron chi connectivity index (χ1n) is 6.59. The highest BCUT2D eigenvalue weighted by Gasteiger charge is 2.28. The Morgan fingerprint density at radius 3 is 2.37 bits per heavy atom. The third kappa shape index (κ3) is 3.42. The Morgan fingerprint density at radius 2 is 1.89 bits per heavy atom. The van der Waals surface area contributed by atoms with Gasteiger partial charge in [0.2, 0.25) is 10.0 Å². The van der Waals surface area contributed by atoms with Gasteiger partial charge in [0.25, 0.3) is 0 Å². The fraction of sp³-hybridized carbons (Fsp3) is 0.500. The monoisotopic (exact) mass is 281 g/mol. The third-order valence-electron chi connectivity index (χ3n) is 3.42. The molecule has 1 aromatic carbocycles. The van der Waals surface area contributed by atoms with Gasteiger partial charge < -0.3 is 0 Å². The van der Waals surface area contributed by atoms with Gasteiger partial charge in [-0.3, -0.25) is 4.79 Å². The van der Waals surface area contributed by atoms with Crippen molar-refractivity contribution in [2.45, 2.75) is 50.0 Å². The molecule has 0 spiro atoms. The lowest BCUT2D eigenvalue weighted by atomic mass is 9.95. The minimum absolute atomic E-state index is 0.102. The third-order valence-corrected chi connectivity index (χ3v) is 4.96. The van der Waals surface area contributed by atoms with E-state index in [0.29, 0.717) is 6.42 Å². The molecule has 0 saturated heterocycles. The topological polar surface area (TPSA) is 63.2 Å². The summed E-state index contributed by atoms with van der Waals surface area (Å²) in [5, 5.41) is 0. The van der Waals surface area contributed by atoms with Crippen LogP contribution >= 0.6 is 0 Å². The molecular weight excluding hydrogens is 262 g/mol. The molecule has 1 N–H and O–H groups in total. The van der Waals surface area contributed by atoms with Crippen molar-refractivity contribution in [3.05, 3.63) is 29.8 Å². The molecule has 0 bridgehead atoms. The van der Waals surface area contributed by atoms with E-state index in [2.05, 4.69) is 4.72 Å². The minimum Gasteiger partial charge on any atom is -0.299 e. The number of hydrogen-bond donors (Lipinski definition) is 1. The largest absolute Gasteiger partial charge is 0.299 e. The van der Waals surface area contributed by atoms with Gasteiger partial charge in [-0.1, -0.05) is 26.0 Å². The lowest BCUT2D eigenvalue weighted by Crippen LogP contribution is -2.25. The first kappa shape index (κ1) is 14.2. The van der Waals surface area contributed by atoms with Crippen molar-refractivity contribution < 1.29 is 13.2 Å². The molecule has 0 radical (unpaired) electrons. The Balaban J connectivity index is 2.15. The zero-order chi connectivity index (χ0) is 14.0. The van der Waals surface area contributed by atoms with E-state index in [1.54, 1.807) is 24.3 Å². The van der Waals surface area contributed by atoms with Gasteiger partial charge in [0.15, 0.2) is 0 Å². The lowest BCUT2D eigenvalue weighted by Gasteiger charge is -2.11. The zero-order valence-corrected chi connectivity index (χ0v) is 12.0. The number of nitrogens with one attached hydrogen (secondary N) is 1. The van der Waals surface area contributed by atoms with Crippen molar-refractivity contribution in [1.29, 1.82) is 0 Å². The van der Waals surface area contributed by atoms with Gasteiger partial charge in [0.1, 0.15) is 5.78 Å². The average molecular weight is 281 g/mol. The lowest BCUT2D eigenvalue weighted by molar-refractivity contribution is -0.119. The van der Waals surface area contributed by atoms with E-state index in [4.69, 9.17) is 0 Å².